The Morgan fingerprint density at radius 2 is 1.69 bits per heavy atom. The normalized spacial score (nSPS) is 14.9. The third-order valence-electron chi connectivity index (χ3n) is 5.59. The van der Waals surface area contributed by atoms with Gasteiger partial charge in [-0.15, -0.1) is 0 Å². The summed E-state index contributed by atoms with van der Waals surface area (Å²) in [6.45, 7) is 5.88. The molecule has 0 radical (unpaired) electrons. The van der Waals surface area contributed by atoms with Gasteiger partial charge in [-0.2, -0.15) is 0 Å². The number of nitrogens with zero attached hydrogens (tertiary/aromatic N) is 2. The van der Waals surface area contributed by atoms with Crippen LogP contribution in [0, 0.1) is 13.8 Å². The summed E-state index contributed by atoms with van der Waals surface area (Å²) in [7, 11) is 0. The zero-order valence-corrected chi connectivity index (χ0v) is 20.9. The van der Waals surface area contributed by atoms with Crippen LogP contribution in [0.25, 0.3) is 11.8 Å². The molecule has 1 aliphatic rings. The van der Waals surface area contributed by atoms with E-state index in [1.54, 1.807) is 49.4 Å². The van der Waals surface area contributed by atoms with Crippen LogP contribution < -0.4 is 10.2 Å². The molecule has 0 saturated carbocycles. The van der Waals surface area contributed by atoms with Gasteiger partial charge in [-0.3, -0.25) is 19.8 Å². The predicted octanol–water partition coefficient (Wildman–Crippen LogP) is 4.76. The summed E-state index contributed by atoms with van der Waals surface area (Å²) in [5.41, 5.74) is 4.19. The molecule has 0 spiro atoms. The SMILES string of the molecule is CCOC(=O)c1ccc(-n2c(C)cc(C=C3C(=O)NC(=S)N(c4ccc(Cl)cc4)C3=O)c2C)cc1. The van der Waals surface area contributed by atoms with E-state index in [0.717, 1.165) is 17.1 Å². The summed E-state index contributed by atoms with van der Waals surface area (Å²) in [6, 6.07) is 15.6. The molecular weight excluding hydrogens is 486 g/mol. The number of hydrogen-bond acceptors (Lipinski definition) is 5. The van der Waals surface area contributed by atoms with Gasteiger partial charge in [0.25, 0.3) is 11.8 Å². The molecule has 1 saturated heterocycles. The van der Waals surface area contributed by atoms with Crippen LogP contribution in [0.5, 0.6) is 0 Å². The summed E-state index contributed by atoms with van der Waals surface area (Å²) in [5.74, 6) is -1.46. The van der Waals surface area contributed by atoms with Gasteiger partial charge < -0.3 is 9.30 Å². The molecule has 2 aromatic carbocycles. The number of aromatic nitrogens is 1. The van der Waals surface area contributed by atoms with Gasteiger partial charge in [-0.05, 0) is 99.2 Å². The second-order valence-electron chi connectivity index (χ2n) is 7.86. The number of esters is 1. The molecule has 0 aliphatic carbocycles. The van der Waals surface area contributed by atoms with Crippen molar-refractivity contribution in [3.63, 3.8) is 0 Å². The average molecular weight is 508 g/mol. The highest BCUT2D eigenvalue weighted by atomic mass is 35.5. The molecule has 35 heavy (non-hydrogen) atoms. The molecule has 2 heterocycles. The van der Waals surface area contributed by atoms with Crippen molar-refractivity contribution in [1.82, 2.24) is 9.88 Å². The highest BCUT2D eigenvalue weighted by molar-refractivity contribution is 7.80. The van der Waals surface area contributed by atoms with E-state index in [9.17, 15) is 14.4 Å². The Labute approximate surface area is 212 Å². The number of benzene rings is 2. The molecule has 0 atom stereocenters. The van der Waals surface area contributed by atoms with Crippen LogP contribution in [-0.4, -0.2) is 34.1 Å². The second kappa shape index (κ2) is 9.85. The minimum Gasteiger partial charge on any atom is -0.462 e. The van der Waals surface area contributed by atoms with Gasteiger partial charge >= 0.3 is 5.97 Å². The average Bonchev–Trinajstić information content (AvgIpc) is 3.10. The summed E-state index contributed by atoms with van der Waals surface area (Å²) in [6.07, 6.45) is 1.56. The highest BCUT2D eigenvalue weighted by Crippen LogP contribution is 2.27. The van der Waals surface area contributed by atoms with Crippen molar-refractivity contribution in [3.8, 4) is 5.69 Å². The minimum atomic E-state index is -0.561. The summed E-state index contributed by atoms with van der Waals surface area (Å²) in [5, 5.41) is 3.11. The van der Waals surface area contributed by atoms with E-state index in [1.807, 2.05) is 36.6 Å². The van der Waals surface area contributed by atoms with Gasteiger partial charge in [-0.1, -0.05) is 11.6 Å². The van der Waals surface area contributed by atoms with Gasteiger partial charge in [0.15, 0.2) is 5.11 Å². The third-order valence-corrected chi connectivity index (χ3v) is 6.13. The maximum atomic E-state index is 13.3. The molecule has 0 unspecified atom stereocenters. The molecule has 2 amide bonds. The number of ether oxygens (including phenoxy) is 1. The quantitative estimate of drug-likeness (QED) is 0.233. The minimum absolute atomic E-state index is 0.00614. The van der Waals surface area contributed by atoms with Gasteiger partial charge in [0, 0.05) is 22.1 Å². The van der Waals surface area contributed by atoms with Crippen molar-refractivity contribution in [2.24, 2.45) is 0 Å². The zero-order chi connectivity index (χ0) is 25.3. The molecule has 1 aromatic heterocycles. The standard InChI is InChI=1S/C26H22ClN3O4S/c1-4-34-25(33)17-5-9-20(10-6-17)29-15(2)13-18(16(29)3)14-22-23(31)28-26(35)30(24(22)32)21-11-7-19(27)8-12-21/h5-14H,4H2,1-3H3,(H,28,31,35). The van der Waals surface area contributed by atoms with Gasteiger partial charge in [0.05, 0.1) is 17.9 Å². The lowest BCUT2D eigenvalue weighted by molar-refractivity contribution is -0.122. The van der Waals surface area contributed by atoms with Crippen molar-refractivity contribution >= 4 is 58.5 Å². The van der Waals surface area contributed by atoms with E-state index in [1.165, 1.54) is 4.90 Å². The smallest absolute Gasteiger partial charge is 0.338 e. The van der Waals surface area contributed by atoms with E-state index >= 15 is 0 Å². The number of hydrogen-bond donors (Lipinski definition) is 1. The third kappa shape index (κ3) is 4.76. The number of halogens is 1. The first-order valence-electron chi connectivity index (χ1n) is 10.8. The number of anilines is 1. The summed E-state index contributed by atoms with van der Waals surface area (Å²) < 4.78 is 7.02. The first kappa shape index (κ1) is 24.4. The van der Waals surface area contributed by atoms with Crippen molar-refractivity contribution in [3.05, 3.63) is 87.7 Å². The van der Waals surface area contributed by atoms with Crippen LogP contribution in [0.2, 0.25) is 5.02 Å². The summed E-state index contributed by atoms with van der Waals surface area (Å²) in [4.78, 5) is 39.2. The van der Waals surface area contributed by atoms with E-state index < -0.39 is 11.8 Å². The fourth-order valence-electron chi connectivity index (χ4n) is 3.93. The summed E-state index contributed by atoms with van der Waals surface area (Å²) >= 11 is 11.2. The Morgan fingerprint density at radius 1 is 1.06 bits per heavy atom. The molecular formula is C26H22ClN3O4S. The van der Waals surface area contributed by atoms with Crippen LogP contribution in [0.4, 0.5) is 5.69 Å². The van der Waals surface area contributed by atoms with Gasteiger partial charge in [0.1, 0.15) is 5.57 Å². The monoisotopic (exact) mass is 507 g/mol. The van der Waals surface area contributed by atoms with Crippen molar-refractivity contribution in [2.75, 3.05) is 11.5 Å². The second-order valence-corrected chi connectivity index (χ2v) is 8.69. The van der Waals surface area contributed by atoms with E-state index in [0.29, 0.717) is 28.4 Å². The topological polar surface area (TPSA) is 80.6 Å². The zero-order valence-electron chi connectivity index (χ0n) is 19.3. The van der Waals surface area contributed by atoms with Crippen LogP contribution in [0.1, 0.15) is 34.2 Å². The number of thiocarbonyl (C=S) groups is 1. The predicted molar refractivity (Wildman–Crippen MR) is 139 cm³/mol. The lowest BCUT2D eigenvalue weighted by Crippen LogP contribution is -2.54. The molecule has 1 N–H and O–H groups in total. The number of aryl methyl sites for hydroxylation is 1. The van der Waals surface area contributed by atoms with Crippen LogP contribution in [0.15, 0.2) is 60.2 Å². The first-order valence-corrected chi connectivity index (χ1v) is 11.6. The first-order chi connectivity index (χ1) is 16.7. The number of carbonyl (C=O) groups is 3. The Hall–Kier alpha value is -3.75. The number of nitrogens with one attached hydrogen (secondary N) is 1. The maximum Gasteiger partial charge on any atom is 0.338 e. The Kier molecular flexibility index (Phi) is 6.86. The van der Waals surface area contributed by atoms with Crippen LogP contribution in [0.3, 0.4) is 0 Å². The Bertz CT molecular complexity index is 1370. The Balaban J connectivity index is 1.69. The Morgan fingerprint density at radius 3 is 2.31 bits per heavy atom. The van der Waals surface area contributed by atoms with Crippen molar-refractivity contribution < 1.29 is 19.1 Å². The fraction of sp³-hybridized carbons (Fsp3) is 0.154. The van der Waals surface area contributed by atoms with Gasteiger partial charge in [-0.25, -0.2) is 4.79 Å². The van der Waals surface area contributed by atoms with Crippen molar-refractivity contribution in [2.45, 2.75) is 20.8 Å². The number of amides is 2. The van der Waals surface area contributed by atoms with Crippen LogP contribution in [-0.2, 0) is 14.3 Å². The molecule has 178 valence electrons. The molecule has 0 bridgehead atoms. The molecule has 1 aliphatic heterocycles. The lowest BCUT2D eigenvalue weighted by atomic mass is 10.1. The van der Waals surface area contributed by atoms with E-state index in [2.05, 4.69) is 5.32 Å². The molecule has 9 heteroatoms. The fourth-order valence-corrected chi connectivity index (χ4v) is 4.34. The maximum absolute atomic E-state index is 13.3. The van der Waals surface area contributed by atoms with E-state index in [-0.39, 0.29) is 16.7 Å². The van der Waals surface area contributed by atoms with Crippen molar-refractivity contribution in [1.29, 1.82) is 0 Å². The van der Waals surface area contributed by atoms with E-state index in [4.69, 9.17) is 28.6 Å². The van der Waals surface area contributed by atoms with Crippen LogP contribution >= 0.6 is 23.8 Å². The largest absolute Gasteiger partial charge is 0.462 e. The molecule has 3 aromatic rings. The number of rotatable bonds is 5. The van der Waals surface area contributed by atoms with Gasteiger partial charge in [0.2, 0.25) is 0 Å². The molecule has 1 fully saturated rings. The molecule has 4 rings (SSSR count). The molecule has 7 nitrogen and oxygen atoms in total. The lowest BCUT2D eigenvalue weighted by Gasteiger charge is -2.28. The highest BCUT2D eigenvalue weighted by Gasteiger charge is 2.34. The number of carbonyl (C=O) groups excluding carboxylic acids is 3.